The number of nitro benzene ring substituents is 1. The van der Waals surface area contributed by atoms with Crippen molar-refractivity contribution in [2.45, 2.75) is 39.9 Å². The van der Waals surface area contributed by atoms with Gasteiger partial charge in [-0.3, -0.25) is 19.7 Å². The fourth-order valence-electron chi connectivity index (χ4n) is 3.92. The van der Waals surface area contributed by atoms with Crippen molar-refractivity contribution in [3.63, 3.8) is 0 Å². The van der Waals surface area contributed by atoms with E-state index in [1.165, 1.54) is 11.0 Å². The first-order valence-corrected chi connectivity index (χ1v) is 12.4. The summed E-state index contributed by atoms with van der Waals surface area (Å²) in [6, 6.07) is 13.5. The number of rotatable bonds is 9. The van der Waals surface area contributed by atoms with Gasteiger partial charge in [0.25, 0.3) is 11.6 Å². The molecule has 188 valence electrons. The van der Waals surface area contributed by atoms with Crippen LogP contribution in [-0.4, -0.2) is 45.9 Å². The van der Waals surface area contributed by atoms with E-state index in [1.807, 2.05) is 49.6 Å². The lowest BCUT2D eigenvalue weighted by Gasteiger charge is -2.30. The first-order chi connectivity index (χ1) is 17.2. The second kappa shape index (κ2) is 10.8. The zero-order chi connectivity index (χ0) is 25.8. The molecule has 2 aromatic carbocycles. The third-order valence-electron chi connectivity index (χ3n) is 5.93. The molecule has 0 atom stereocenters. The molecule has 0 fully saturated rings. The normalized spacial score (nSPS) is 12.0. The Morgan fingerprint density at radius 2 is 1.86 bits per heavy atom. The molecule has 1 aliphatic heterocycles. The summed E-state index contributed by atoms with van der Waals surface area (Å²) < 4.78 is 10.9. The van der Waals surface area contributed by atoms with Crippen LogP contribution in [0.1, 0.15) is 40.2 Å². The SMILES string of the molecule is Cc1ccc(C(=O)N(CC(=O)N(Cc2ccc3c(c2)OCO3)Cc2cccs2)C(C)C)cc1[N+](=O)[O-]. The van der Waals surface area contributed by atoms with Gasteiger partial charge in [0.05, 0.1) is 11.5 Å². The Morgan fingerprint density at radius 3 is 2.56 bits per heavy atom. The molecule has 4 rings (SSSR count). The third kappa shape index (κ3) is 5.65. The Morgan fingerprint density at radius 1 is 1.08 bits per heavy atom. The lowest BCUT2D eigenvalue weighted by atomic mass is 10.1. The number of nitro groups is 1. The Labute approximate surface area is 213 Å². The molecule has 2 heterocycles. The highest BCUT2D eigenvalue weighted by molar-refractivity contribution is 7.09. The van der Waals surface area contributed by atoms with Crippen LogP contribution in [0.5, 0.6) is 11.5 Å². The summed E-state index contributed by atoms with van der Waals surface area (Å²) in [5, 5.41) is 13.3. The summed E-state index contributed by atoms with van der Waals surface area (Å²) in [6.45, 7) is 5.97. The van der Waals surface area contributed by atoms with Crippen molar-refractivity contribution in [1.82, 2.24) is 9.80 Å². The molecular weight excluding hydrogens is 482 g/mol. The van der Waals surface area contributed by atoms with Crippen molar-refractivity contribution in [3.05, 3.63) is 85.6 Å². The zero-order valence-electron chi connectivity index (χ0n) is 20.3. The van der Waals surface area contributed by atoms with Gasteiger partial charge in [-0.1, -0.05) is 18.2 Å². The lowest BCUT2D eigenvalue weighted by Crippen LogP contribution is -2.45. The van der Waals surface area contributed by atoms with E-state index in [2.05, 4.69) is 0 Å². The van der Waals surface area contributed by atoms with E-state index < -0.39 is 10.8 Å². The van der Waals surface area contributed by atoms with Gasteiger partial charge in [0.1, 0.15) is 6.54 Å². The molecule has 36 heavy (non-hydrogen) atoms. The summed E-state index contributed by atoms with van der Waals surface area (Å²) in [4.78, 5) is 41.9. The molecule has 2 amide bonds. The number of fused-ring (bicyclic) bond motifs is 1. The number of carbonyl (C=O) groups excluding carboxylic acids is 2. The number of nitrogens with zero attached hydrogens (tertiary/aromatic N) is 3. The molecule has 9 nitrogen and oxygen atoms in total. The number of thiophene rings is 1. The maximum absolute atomic E-state index is 13.6. The van der Waals surface area contributed by atoms with E-state index >= 15 is 0 Å². The molecule has 0 N–H and O–H groups in total. The molecular formula is C26H27N3O6S. The number of hydrogen-bond acceptors (Lipinski definition) is 7. The van der Waals surface area contributed by atoms with E-state index in [-0.39, 0.29) is 36.5 Å². The largest absolute Gasteiger partial charge is 0.454 e. The van der Waals surface area contributed by atoms with E-state index in [9.17, 15) is 19.7 Å². The van der Waals surface area contributed by atoms with Crippen LogP contribution in [0.25, 0.3) is 0 Å². The summed E-state index contributed by atoms with van der Waals surface area (Å²) in [7, 11) is 0. The molecule has 10 heteroatoms. The maximum atomic E-state index is 13.6. The zero-order valence-corrected chi connectivity index (χ0v) is 21.1. The van der Waals surface area contributed by atoms with Gasteiger partial charge in [0.2, 0.25) is 12.7 Å². The molecule has 0 aliphatic carbocycles. The number of benzene rings is 2. The first-order valence-electron chi connectivity index (χ1n) is 11.5. The predicted molar refractivity (Wildman–Crippen MR) is 135 cm³/mol. The van der Waals surface area contributed by atoms with E-state index in [0.717, 1.165) is 10.4 Å². The van der Waals surface area contributed by atoms with Gasteiger partial charge in [0.15, 0.2) is 11.5 Å². The third-order valence-corrected chi connectivity index (χ3v) is 6.79. The Bertz CT molecular complexity index is 1270. The van der Waals surface area contributed by atoms with Crippen LogP contribution >= 0.6 is 11.3 Å². The molecule has 0 radical (unpaired) electrons. The summed E-state index contributed by atoms with van der Waals surface area (Å²) in [6.07, 6.45) is 0. The van der Waals surface area contributed by atoms with Gasteiger partial charge >= 0.3 is 0 Å². The fourth-order valence-corrected chi connectivity index (χ4v) is 4.64. The van der Waals surface area contributed by atoms with Gasteiger partial charge in [-0.2, -0.15) is 0 Å². The summed E-state index contributed by atoms with van der Waals surface area (Å²) in [5.74, 6) is 0.639. The molecule has 0 bridgehead atoms. The Hall–Kier alpha value is -3.92. The molecule has 1 aromatic heterocycles. The summed E-state index contributed by atoms with van der Waals surface area (Å²) in [5.41, 5.74) is 1.39. The minimum absolute atomic E-state index is 0.127. The van der Waals surface area contributed by atoms with Gasteiger partial charge in [0, 0.05) is 34.7 Å². The Kier molecular flexibility index (Phi) is 7.54. The molecule has 1 aliphatic rings. The average molecular weight is 510 g/mol. The number of aryl methyl sites for hydroxylation is 1. The smallest absolute Gasteiger partial charge is 0.273 e. The van der Waals surface area contributed by atoms with Crippen LogP contribution in [-0.2, 0) is 17.9 Å². The second-order valence-electron chi connectivity index (χ2n) is 8.80. The van der Waals surface area contributed by atoms with Crippen molar-refractivity contribution in [1.29, 1.82) is 0 Å². The topological polar surface area (TPSA) is 102 Å². The van der Waals surface area contributed by atoms with Gasteiger partial charge < -0.3 is 19.3 Å². The highest BCUT2D eigenvalue weighted by atomic mass is 32.1. The van der Waals surface area contributed by atoms with Crippen LogP contribution in [0, 0.1) is 17.0 Å². The molecule has 0 saturated heterocycles. The minimum atomic E-state index is -0.509. The van der Waals surface area contributed by atoms with Crippen LogP contribution in [0.15, 0.2) is 53.9 Å². The van der Waals surface area contributed by atoms with Crippen molar-refractivity contribution in [2.24, 2.45) is 0 Å². The van der Waals surface area contributed by atoms with Crippen molar-refractivity contribution in [2.75, 3.05) is 13.3 Å². The molecule has 3 aromatic rings. The van der Waals surface area contributed by atoms with E-state index in [0.29, 0.717) is 30.2 Å². The second-order valence-corrected chi connectivity index (χ2v) is 9.83. The van der Waals surface area contributed by atoms with Gasteiger partial charge in [-0.25, -0.2) is 0 Å². The highest BCUT2D eigenvalue weighted by Crippen LogP contribution is 2.33. The van der Waals surface area contributed by atoms with Crippen molar-refractivity contribution < 1.29 is 24.0 Å². The Balaban J connectivity index is 1.56. The maximum Gasteiger partial charge on any atom is 0.273 e. The number of ether oxygens (including phenoxy) is 2. The molecule has 0 saturated carbocycles. The lowest BCUT2D eigenvalue weighted by molar-refractivity contribution is -0.385. The van der Waals surface area contributed by atoms with Crippen LogP contribution in [0.3, 0.4) is 0 Å². The highest BCUT2D eigenvalue weighted by Gasteiger charge is 2.27. The summed E-state index contributed by atoms with van der Waals surface area (Å²) >= 11 is 1.55. The van der Waals surface area contributed by atoms with Gasteiger partial charge in [-0.15, -0.1) is 11.3 Å². The monoisotopic (exact) mass is 509 g/mol. The van der Waals surface area contributed by atoms with Crippen molar-refractivity contribution in [3.8, 4) is 11.5 Å². The minimum Gasteiger partial charge on any atom is -0.454 e. The van der Waals surface area contributed by atoms with E-state index in [1.54, 1.807) is 35.3 Å². The molecule has 0 spiro atoms. The number of amides is 2. The number of hydrogen-bond donors (Lipinski definition) is 0. The quantitative estimate of drug-likeness (QED) is 0.304. The van der Waals surface area contributed by atoms with Crippen molar-refractivity contribution >= 4 is 28.8 Å². The first kappa shape index (κ1) is 25.2. The standard InChI is InChI=1S/C26H27N3O6S/c1-17(2)28(26(31)20-8-6-18(3)22(12-20)29(32)33)15-25(30)27(14-21-5-4-10-36-21)13-19-7-9-23-24(11-19)35-16-34-23/h4-12,17H,13-16H2,1-3H3. The van der Waals surface area contributed by atoms with Crippen LogP contribution < -0.4 is 9.47 Å². The van der Waals surface area contributed by atoms with Crippen LogP contribution in [0.4, 0.5) is 5.69 Å². The number of carbonyl (C=O) groups is 2. The predicted octanol–water partition coefficient (Wildman–Crippen LogP) is 4.77. The van der Waals surface area contributed by atoms with Crippen LogP contribution in [0.2, 0.25) is 0 Å². The molecule has 0 unspecified atom stereocenters. The van der Waals surface area contributed by atoms with Gasteiger partial charge in [-0.05, 0) is 56.0 Å². The average Bonchev–Trinajstić information content (AvgIpc) is 3.53. The fraction of sp³-hybridized carbons (Fsp3) is 0.308. The van der Waals surface area contributed by atoms with E-state index in [4.69, 9.17) is 9.47 Å².